The van der Waals surface area contributed by atoms with E-state index in [0.717, 1.165) is 11.8 Å². The van der Waals surface area contributed by atoms with Crippen LogP contribution < -0.4 is 10.2 Å². The molecule has 5 atom stereocenters. The summed E-state index contributed by atoms with van der Waals surface area (Å²) in [7, 11) is 0. The fraction of sp³-hybridized carbons (Fsp3) is 0.500. The third-order valence-electron chi connectivity index (χ3n) is 3.41. The number of aliphatic hydroxyl groups is 4. The van der Waals surface area contributed by atoms with Crippen LogP contribution in [-0.2, 0) is 4.79 Å². The van der Waals surface area contributed by atoms with Crippen molar-refractivity contribution in [3.05, 3.63) is 28.8 Å². The zero-order chi connectivity index (χ0) is 19.1. The molecule has 25 heavy (non-hydrogen) atoms. The van der Waals surface area contributed by atoms with Crippen LogP contribution in [0.5, 0.6) is 5.75 Å². The molecule has 1 aromatic rings. The number of halogens is 1. The van der Waals surface area contributed by atoms with E-state index in [1.54, 1.807) is 25.1 Å². The van der Waals surface area contributed by atoms with Crippen molar-refractivity contribution in [2.24, 2.45) is 5.10 Å². The molecule has 0 aliphatic rings. The van der Waals surface area contributed by atoms with Gasteiger partial charge in [0.05, 0.1) is 12.3 Å². The first kappa shape index (κ1) is 21.3. The number of aliphatic hydroxyl groups excluding tert-OH is 4. The van der Waals surface area contributed by atoms with Crippen molar-refractivity contribution >= 4 is 23.7 Å². The van der Waals surface area contributed by atoms with Gasteiger partial charge in [-0.05, 0) is 44.5 Å². The molecule has 8 nitrogen and oxygen atoms in total. The Labute approximate surface area is 150 Å². The van der Waals surface area contributed by atoms with E-state index in [2.05, 4.69) is 10.5 Å². The summed E-state index contributed by atoms with van der Waals surface area (Å²) in [6.07, 6.45) is -6.03. The number of nitrogens with one attached hydrogen (secondary N) is 1. The smallest absolute Gasteiger partial charge is 0.280 e. The standard InChI is InChI=1S/C16H23ClN2O6/c1-8-6-11(17)4-5-13(8)25-10(3)16(24)19-18-7-12(21)15(23)14(22)9(2)20/h4-7,9-10,12,14-15,20-23H,1-3H3,(H,19,24)/b18-7-/t9-,10-,12+,14-,15+/m1/s1. The molecule has 0 spiro atoms. The van der Waals surface area contributed by atoms with Gasteiger partial charge < -0.3 is 25.2 Å². The second-order valence-electron chi connectivity index (χ2n) is 5.64. The molecule has 0 fully saturated rings. The van der Waals surface area contributed by atoms with Crippen LogP contribution in [0.25, 0.3) is 0 Å². The van der Waals surface area contributed by atoms with Crippen molar-refractivity contribution in [1.82, 2.24) is 5.43 Å². The Hall–Kier alpha value is -1.71. The average molecular weight is 375 g/mol. The monoisotopic (exact) mass is 374 g/mol. The van der Waals surface area contributed by atoms with Gasteiger partial charge in [-0.2, -0.15) is 5.10 Å². The predicted octanol–water partition coefficient (Wildman–Crippen LogP) is -0.0188. The quantitative estimate of drug-likeness (QED) is 0.321. The number of rotatable bonds is 8. The summed E-state index contributed by atoms with van der Waals surface area (Å²) in [5, 5.41) is 41.8. The fourth-order valence-corrected chi connectivity index (χ4v) is 2.06. The van der Waals surface area contributed by atoms with Crippen LogP contribution in [0.4, 0.5) is 0 Å². The highest BCUT2D eigenvalue weighted by Gasteiger charge is 2.27. The largest absolute Gasteiger partial charge is 0.481 e. The molecule has 0 aliphatic heterocycles. The van der Waals surface area contributed by atoms with Crippen LogP contribution in [0.3, 0.4) is 0 Å². The number of ether oxygens (including phenoxy) is 1. The minimum Gasteiger partial charge on any atom is -0.481 e. The highest BCUT2D eigenvalue weighted by molar-refractivity contribution is 6.30. The van der Waals surface area contributed by atoms with Gasteiger partial charge in [0, 0.05) is 5.02 Å². The molecule has 1 amide bonds. The zero-order valence-corrected chi connectivity index (χ0v) is 14.9. The van der Waals surface area contributed by atoms with Gasteiger partial charge in [0.15, 0.2) is 6.10 Å². The topological polar surface area (TPSA) is 132 Å². The normalized spacial score (nSPS) is 17.6. The van der Waals surface area contributed by atoms with Crippen LogP contribution in [-0.4, -0.2) is 63.1 Å². The van der Waals surface area contributed by atoms with Crippen molar-refractivity contribution in [2.45, 2.75) is 51.3 Å². The van der Waals surface area contributed by atoms with Crippen molar-refractivity contribution in [1.29, 1.82) is 0 Å². The lowest BCUT2D eigenvalue weighted by atomic mass is 10.1. The van der Waals surface area contributed by atoms with E-state index in [-0.39, 0.29) is 0 Å². The number of hydrogen-bond acceptors (Lipinski definition) is 7. The summed E-state index contributed by atoms with van der Waals surface area (Å²) in [5.41, 5.74) is 2.92. The number of benzene rings is 1. The molecule has 0 saturated heterocycles. The molecule has 1 aromatic carbocycles. The number of carbonyl (C=O) groups is 1. The van der Waals surface area contributed by atoms with Crippen molar-refractivity contribution in [2.75, 3.05) is 0 Å². The van der Waals surface area contributed by atoms with E-state index in [0.29, 0.717) is 10.8 Å². The van der Waals surface area contributed by atoms with Crippen LogP contribution in [0.2, 0.25) is 5.02 Å². The Balaban J connectivity index is 2.55. The third kappa shape index (κ3) is 6.60. The molecule has 0 saturated carbocycles. The number of amides is 1. The molecule has 0 unspecified atom stereocenters. The maximum Gasteiger partial charge on any atom is 0.280 e. The summed E-state index contributed by atoms with van der Waals surface area (Å²) in [6.45, 7) is 4.56. The van der Waals surface area contributed by atoms with Gasteiger partial charge in [0.1, 0.15) is 24.1 Å². The highest BCUT2D eigenvalue weighted by Crippen LogP contribution is 2.22. The van der Waals surface area contributed by atoms with E-state index >= 15 is 0 Å². The lowest BCUT2D eigenvalue weighted by Crippen LogP contribution is -2.44. The Morgan fingerprint density at radius 1 is 1.24 bits per heavy atom. The summed E-state index contributed by atoms with van der Waals surface area (Å²) < 4.78 is 5.51. The Morgan fingerprint density at radius 3 is 2.44 bits per heavy atom. The maximum atomic E-state index is 11.9. The molecular weight excluding hydrogens is 352 g/mol. The first-order chi connectivity index (χ1) is 11.6. The van der Waals surface area contributed by atoms with Gasteiger partial charge in [0.2, 0.25) is 0 Å². The van der Waals surface area contributed by atoms with Crippen molar-refractivity contribution in [3.63, 3.8) is 0 Å². The van der Waals surface area contributed by atoms with E-state index in [1.165, 1.54) is 13.8 Å². The van der Waals surface area contributed by atoms with Gasteiger partial charge >= 0.3 is 0 Å². The fourth-order valence-electron chi connectivity index (χ4n) is 1.83. The summed E-state index contributed by atoms with van der Waals surface area (Å²) in [4.78, 5) is 11.9. The predicted molar refractivity (Wildman–Crippen MR) is 92.6 cm³/mol. The molecule has 0 bridgehead atoms. The molecule has 140 valence electrons. The number of nitrogens with zero attached hydrogens (tertiary/aromatic N) is 1. The van der Waals surface area contributed by atoms with Crippen LogP contribution in [0, 0.1) is 6.92 Å². The first-order valence-corrected chi connectivity index (χ1v) is 7.99. The highest BCUT2D eigenvalue weighted by atomic mass is 35.5. The Kier molecular flexibility index (Phi) is 8.27. The van der Waals surface area contributed by atoms with E-state index in [1.807, 2.05) is 0 Å². The molecular formula is C16H23ClN2O6. The van der Waals surface area contributed by atoms with Crippen molar-refractivity contribution in [3.8, 4) is 5.75 Å². The molecule has 1 rings (SSSR count). The average Bonchev–Trinajstić information content (AvgIpc) is 2.55. The number of aryl methyl sites for hydroxylation is 1. The number of hydrazone groups is 1. The molecule has 9 heteroatoms. The third-order valence-corrected chi connectivity index (χ3v) is 3.64. The van der Waals surface area contributed by atoms with Gasteiger partial charge in [-0.15, -0.1) is 0 Å². The Bertz CT molecular complexity index is 610. The van der Waals surface area contributed by atoms with E-state index < -0.39 is 36.4 Å². The minimum atomic E-state index is -1.65. The summed E-state index contributed by atoms with van der Waals surface area (Å²) in [6, 6.07) is 4.98. The van der Waals surface area contributed by atoms with E-state index in [4.69, 9.17) is 21.4 Å². The van der Waals surface area contributed by atoms with Crippen LogP contribution in [0.1, 0.15) is 19.4 Å². The number of carbonyl (C=O) groups excluding carboxylic acids is 1. The minimum absolute atomic E-state index is 0.492. The summed E-state index contributed by atoms with van der Waals surface area (Å²) in [5.74, 6) is -0.0880. The van der Waals surface area contributed by atoms with Crippen LogP contribution >= 0.6 is 11.6 Å². The zero-order valence-electron chi connectivity index (χ0n) is 14.1. The molecule has 0 aliphatic carbocycles. The molecule has 5 N–H and O–H groups in total. The number of hydrogen-bond donors (Lipinski definition) is 5. The van der Waals surface area contributed by atoms with Gasteiger partial charge in [-0.3, -0.25) is 4.79 Å². The van der Waals surface area contributed by atoms with E-state index in [9.17, 15) is 20.1 Å². The first-order valence-electron chi connectivity index (χ1n) is 7.61. The maximum absolute atomic E-state index is 11.9. The lowest BCUT2D eigenvalue weighted by Gasteiger charge is -2.22. The van der Waals surface area contributed by atoms with Gasteiger partial charge in [0.25, 0.3) is 5.91 Å². The molecule has 0 aromatic heterocycles. The SMILES string of the molecule is Cc1cc(Cl)ccc1O[C@H](C)C(=O)N/N=C\[C@H](O)[C@H](O)[C@H](O)[C@@H](C)O. The lowest BCUT2D eigenvalue weighted by molar-refractivity contribution is -0.127. The molecule has 0 radical (unpaired) electrons. The van der Waals surface area contributed by atoms with Gasteiger partial charge in [-0.1, -0.05) is 11.6 Å². The van der Waals surface area contributed by atoms with Crippen LogP contribution in [0.15, 0.2) is 23.3 Å². The Morgan fingerprint density at radius 2 is 1.88 bits per heavy atom. The second kappa shape index (κ2) is 9.69. The summed E-state index contributed by atoms with van der Waals surface area (Å²) >= 11 is 5.85. The second-order valence-corrected chi connectivity index (χ2v) is 6.07. The van der Waals surface area contributed by atoms with Crippen molar-refractivity contribution < 1.29 is 30.0 Å². The van der Waals surface area contributed by atoms with Gasteiger partial charge in [-0.25, -0.2) is 5.43 Å². The molecule has 0 heterocycles.